The first-order valence-corrected chi connectivity index (χ1v) is 9.61. The van der Waals surface area contributed by atoms with Crippen LogP contribution in [0.25, 0.3) is 0 Å². The number of carbonyl (C=O) groups is 1. The van der Waals surface area contributed by atoms with E-state index in [9.17, 15) is 13.2 Å². The summed E-state index contributed by atoms with van der Waals surface area (Å²) in [5.41, 5.74) is 6.82. The zero-order valence-electron chi connectivity index (χ0n) is 15.2. The summed E-state index contributed by atoms with van der Waals surface area (Å²) in [6, 6.07) is 11.0. The largest absolute Gasteiger partial charge is 0.497 e. The number of ether oxygens (including phenoxy) is 1. The molecule has 0 atom stereocenters. The molecule has 0 saturated carbocycles. The fourth-order valence-corrected chi connectivity index (χ4v) is 3.37. The number of nitrogens with two attached hydrogens (primary N) is 1. The smallest absolute Gasteiger partial charge is 0.261 e. The summed E-state index contributed by atoms with van der Waals surface area (Å²) < 4.78 is 32.8. The number of hydrogen-bond acceptors (Lipinski definition) is 5. The van der Waals surface area contributed by atoms with Gasteiger partial charge in [-0.2, -0.15) is 0 Å². The molecule has 0 spiro atoms. The monoisotopic (exact) mass is 413 g/mol. The number of hydrogen-bond donors (Lipinski definition) is 3. The number of benzene rings is 2. The molecule has 0 aliphatic rings. The Hall–Kier alpha value is -2.29. The van der Waals surface area contributed by atoms with E-state index >= 15 is 0 Å². The van der Waals surface area contributed by atoms with Crippen LogP contribution in [0.3, 0.4) is 0 Å². The topological polar surface area (TPSA) is 111 Å². The third-order valence-electron chi connectivity index (χ3n) is 3.77. The standard InChI is InChI=1S/C18H23N3O4S.ClH/c1-13-4-9-16(12-17(13)18(22)20-11-3-10-19)26(23,24)21-14-5-7-15(25-2)8-6-14;/h4-9,12,21H,3,10-11,19H2,1-2H3,(H,20,22);1H. The third-order valence-corrected chi connectivity index (χ3v) is 5.15. The van der Waals surface area contributed by atoms with Crippen molar-refractivity contribution in [3.8, 4) is 5.75 Å². The van der Waals surface area contributed by atoms with Crippen molar-refractivity contribution in [2.24, 2.45) is 5.73 Å². The van der Waals surface area contributed by atoms with Crippen LogP contribution < -0.4 is 20.5 Å². The van der Waals surface area contributed by atoms with Gasteiger partial charge in [0.1, 0.15) is 5.75 Å². The summed E-state index contributed by atoms with van der Waals surface area (Å²) in [7, 11) is -2.29. The zero-order chi connectivity index (χ0) is 19.2. The predicted molar refractivity (Wildman–Crippen MR) is 108 cm³/mol. The first-order chi connectivity index (χ1) is 12.4. The number of nitrogens with one attached hydrogen (secondary N) is 2. The molecule has 27 heavy (non-hydrogen) atoms. The maximum Gasteiger partial charge on any atom is 0.261 e. The molecule has 148 valence electrons. The molecule has 9 heteroatoms. The normalized spacial score (nSPS) is 10.6. The Labute approximate surface area is 165 Å². The lowest BCUT2D eigenvalue weighted by molar-refractivity contribution is 0.0952. The number of methoxy groups -OCH3 is 1. The van der Waals surface area contributed by atoms with E-state index in [-0.39, 0.29) is 23.2 Å². The Morgan fingerprint density at radius 1 is 1.15 bits per heavy atom. The number of aryl methyl sites for hydroxylation is 1. The fourth-order valence-electron chi connectivity index (χ4n) is 2.29. The van der Waals surface area contributed by atoms with Gasteiger partial charge in [0.15, 0.2) is 0 Å². The Morgan fingerprint density at radius 2 is 1.81 bits per heavy atom. The minimum absolute atomic E-state index is 0. The highest BCUT2D eigenvalue weighted by Crippen LogP contribution is 2.21. The highest BCUT2D eigenvalue weighted by molar-refractivity contribution is 7.92. The van der Waals surface area contributed by atoms with Gasteiger partial charge >= 0.3 is 0 Å². The van der Waals surface area contributed by atoms with Gasteiger partial charge in [-0.25, -0.2) is 8.42 Å². The first-order valence-electron chi connectivity index (χ1n) is 8.13. The average Bonchev–Trinajstić information content (AvgIpc) is 2.62. The van der Waals surface area contributed by atoms with E-state index in [2.05, 4.69) is 10.0 Å². The zero-order valence-corrected chi connectivity index (χ0v) is 16.8. The Kier molecular flexibility index (Phi) is 8.55. The van der Waals surface area contributed by atoms with Crippen molar-refractivity contribution in [3.05, 3.63) is 53.6 Å². The fraction of sp³-hybridized carbons (Fsp3) is 0.278. The highest BCUT2D eigenvalue weighted by Gasteiger charge is 2.18. The van der Waals surface area contributed by atoms with Gasteiger partial charge < -0.3 is 15.8 Å². The second-order valence-corrected chi connectivity index (χ2v) is 7.39. The quantitative estimate of drug-likeness (QED) is 0.575. The third kappa shape index (κ3) is 6.13. The molecular weight excluding hydrogens is 390 g/mol. The molecule has 0 aromatic heterocycles. The van der Waals surface area contributed by atoms with Crippen LogP contribution in [-0.4, -0.2) is 34.5 Å². The summed E-state index contributed by atoms with van der Waals surface area (Å²) in [6.07, 6.45) is 0.655. The van der Waals surface area contributed by atoms with Crippen molar-refractivity contribution in [2.45, 2.75) is 18.2 Å². The molecule has 4 N–H and O–H groups in total. The average molecular weight is 414 g/mol. The molecular formula is C18H24ClN3O4S. The van der Waals surface area contributed by atoms with Gasteiger partial charge in [-0.3, -0.25) is 9.52 Å². The van der Waals surface area contributed by atoms with E-state index in [0.29, 0.717) is 42.1 Å². The van der Waals surface area contributed by atoms with Gasteiger partial charge in [0, 0.05) is 17.8 Å². The second kappa shape index (κ2) is 10.1. The number of carbonyl (C=O) groups excluding carboxylic acids is 1. The molecule has 0 aliphatic carbocycles. The minimum atomic E-state index is -3.82. The van der Waals surface area contributed by atoms with Crippen molar-refractivity contribution in [1.82, 2.24) is 5.32 Å². The molecule has 0 fully saturated rings. The highest BCUT2D eigenvalue weighted by atomic mass is 35.5. The molecule has 0 radical (unpaired) electrons. The van der Waals surface area contributed by atoms with Crippen molar-refractivity contribution < 1.29 is 17.9 Å². The Bertz CT molecular complexity index is 871. The van der Waals surface area contributed by atoms with Gasteiger partial charge in [-0.05, 0) is 61.9 Å². The molecule has 0 bridgehead atoms. The number of halogens is 1. The number of rotatable bonds is 8. The van der Waals surface area contributed by atoms with Crippen molar-refractivity contribution in [3.63, 3.8) is 0 Å². The molecule has 2 aromatic rings. The van der Waals surface area contributed by atoms with Crippen molar-refractivity contribution >= 4 is 34.0 Å². The van der Waals surface area contributed by atoms with Gasteiger partial charge in [0.25, 0.3) is 15.9 Å². The molecule has 2 rings (SSSR count). The summed E-state index contributed by atoms with van der Waals surface area (Å²) in [5.74, 6) is 0.303. The van der Waals surface area contributed by atoms with Gasteiger partial charge in [-0.1, -0.05) is 6.07 Å². The van der Waals surface area contributed by atoms with Crippen molar-refractivity contribution in [2.75, 3.05) is 24.9 Å². The number of sulfonamides is 1. The van der Waals surface area contributed by atoms with Gasteiger partial charge in [-0.15, -0.1) is 12.4 Å². The SMILES string of the molecule is COc1ccc(NS(=O)(=O)c2ccc(C)c(C(=O)NCCCN)c2)cc1.Cl. The Balaban J connectivity index is 0.00000364. The number of anilines is 1. The lowest BCUT2D eigenvalue weighted by Gasteiger charge is -2.12. The van der Waals surface area contributed by atoms with E-state index in [0.717, 1.165) is 0 Å². The first kappa shape index (κ1) is 22.8. The van der Waals surface area contributed by atoms with Crippen LogP contribution >= 0.6 is 12.4 Å². The van der Waals surface area contributed by atoms with Crippen LogP contribution in [0, 0.1) is 6.92 Å². The summed E-state index contributed by atoms with van der Waals surface area (Å²) in [5, 5.41) is 2.73. The van der Waals surface area contributed by atoms with Crippen LogP contribution in [0.15, 0.2) is 47.4 Å². The lowest BCUT2D eigenvalue weighted by atomic mass is 10.1. The molecule has 0 aliphatic heterocycles. The second-order valence-electron chi connectivity index (χ2n) is 5.71. The summed E-state index contributed by atoms with van der Waals surface area (Å²) >= 11 is 0. The van der Waals surface area contributed by atoms with E-state index in [1.165, 1.54) is 19.2 Å². The van der Waals surface area contributed by atoms with Crippen LogP contribution in [0.5, 0.6) is 5.75 Å². The molecule has 2 aromatic carbocycles. The van der Waals surface area contributed by atoms with Gasteiger partial charge in [0.2, 0.25) is 0 Å². The van der Waals surface area contributed by atoms with Crippen molar-refractivity contribution in [1.29, 1.82) is 0 Å². The summed E-state index contributed by atoms with van der Waals surface area (Å²) in [6.45, 7) is 2.67. The predicted octanol–water partition coefficient (Wildman–Crippen LogP) is 2.30. The van der Waals surface area contributed by atoms with Crippen LogP contribution in [-0.2, 0) is 10.0 Å². The summed E-state index contributed by atoms with van der Waals surface area (Å²) in [4.78, 5) is 12.3. The molecule has 7 nitrogen and oxygen atoms in total. The van der Waals surface area contributed by atoms with E-state index in [1.807, 2.05) is 0 Å². The molecule has 0 saturated heterocycles. The van der Waals surface area contributed by atoms with Crippen LogP contribution in [0.1, 0.15) is 22.3 Å². The van der Waals surface area contributed by atoms with E-state index in [4.69, 9.17) is 10.5 Å². The van der Waals surface area contributed by atoms with Gasteiger partial charge in [0.05, 0.1) is 12.0 Å². The minimum Gasteiger partial charge on any atom is -0.497 e. The van der Waals surface area contributed by atoms with E-state index < -0.39 is 10.0 Å². The maximum atomic E-state index is 12.6. The lowest BCUT2D eigenvalue weighted by Crippen LogP contribution is -2.27. The maximum absolute atomic E-state index is 12.6. The number of amides is 1. The van der Waals surface area contributed by atoms with Crippen LogP contribution in [0.4, 0.5) is 5.69 Å². The molecule has 0 heterocycles. The van der Waals surface area contributed by atoms with Crippen LogP contribution in [0.2, 0.25) is 0 Å². The Morgan fingerprint density at radius 3 is 2.41 bits per heavy atom. The molecule has 0 unspecified atom stereocenters. The molecule has 1 amide bonds. The van der Waals surface area contributed by atoms with E-state index in [1.54, 1.807) is 37.3 Å².